The van der Waals surface area contributed by atoms with Gasteiger partial charge in [-0.2, -0.15) is 5.26 Å². The van der Waals surface area contributed by atoms with Crippen molar-refractivity contribution in [2.75, 3.05) is 5.32 Å². The van der Waals surface area contributed by atoms with Gasteiger partial charge in [0.2, 0.25) is 5.91 Å². The number of hydrogen-bond acceptors (Lipinski definition) is 6. The van der Waals surface area contributed by atoms with Gasteiger partial charge < -0.3 is 5.32 Å². The van der Waals surface area contributed by atoms with Crippen LogP contribution in [-0.4, -0.2) is 25.8 Å². The molecule has 0 saturated heterocycles. The first-order valence-corrected chi connectivity index (χ1v) is 11.3. The number of pyridine rings is 1. The molecule has 0 saturated carbocycles. The zero-order chi connectivity index (χ0) is 21.4. The lowest BCUT2D eigenvalue weighted by Gasteiger charge is -2.14. The van der Waals surface area contributed by atoms with Crippen LogP contribution < -0.4 is 5.32 Å². The van der Waals surface area contributed by atoms with Gasteiger partial charge in [-0.05, 0) is 50.5 Å². The van der Waals surface area contributed by atoms with Gasteiger partial charge in [0, 0.05) is 10.3 Å². The first-order chi connectivity index (χ1) is 14.4. The Morgan fingerprint density at radius 1 is 1.30 bits per heavy atom. The molecule has 0 aliphatic heterocycles. The number of fused-ring (bicyclic) bond motifs is 3. The summed E-state index contributed by atoms with van der Waals surface area (Å²) >= 11 is 2.84. The maximum atomic E-state index is 13.0. The summed E-state index contributed by atoms with van der Waals surface area (Å²) in [5, 5.41) is 23.2. The number of para-hydroxylation sites is 1. The topological polar surface area (TPSA) is 83.1 Å². The monoisotopic (exact) mass is 435 g/mol. The Morgan fingerprint density at radius 2 is 2.07 bits per heavy atom. The van der Waals surface area contributed by atoms with E-state index in [1.165, 1.54) is 23.1 Å². The number of nitrogens with one attached hydrogen (secondary N) is 1. The Labute approximate surface area is 182 Å². The molecule has 6 nitrogen and oxygen atoms in total. The lowest BCUT2D eigenvalue weighted by molar-refractivity contribution is -0.115. The Balaban J connectivity index is 1.67. The average Bonchev–Trinajstić information content (AvgIpc) is 3.26. The zero-order valence-corrected chi connectivity index (χ0v) is 18.8. The van der Waals surface area contributed by atoms with Crippen molar-refractivity contribution in [2.24, 2.45) is 0 Å². The van der Waals surface area contributed by atoms with Crippen molar-refractivity contribution in [3.05, 3.63) is 51.9 Å². The van der Waals surface area contributed by atoms with Crippen LogP contribution in [0, 0.1) is 32.1 Å². The molecule has 0 radical (unpaired) electrons. The highest BCUT2D eigenvalue weighted by Crippen LogP contribution is 2.34. The molecule has 8 heteroatoms. The lowest BCUT2D eigenvalue weighted by atomic mass is 10.1. The van der Waals surface area contributed by atoms with Gasteiger partial charge in [0.25, 0.3) is 0 Å². The van der Waals surface area contributed by atoms with Gasteiger partial charge in [-0.1, -0.05) is 36.9 Å². The second-order valence-electron chi connectivity index (χ2n) is 7.12. The summed E-state index contributed by atoms with van der Waals surface area (Å²) in [6.45, 7) is 7.89. The number of carbonyl (C=O) groups is 1. The number of aromatic nitrogens is 3. The molecule has 1 aromatic carbocycles. The second-order valence-corrected chi connectivity index (χ2v) is 9.52. The van der Waals surface area contributed by atoms with Crippen molar-refractivity contribution < 1.29 is 4.79 Å². The van der Waals surface area contributed by atoms with Crippen molar-refractivity contribution in [3.63, 3.8) is 0 Å². The first-order valence-electron chi connectivity index (χ1n) is 9.65. The molecule has 3 heterocycles. The van der Waals surface area contributed by atoms with Gasteiger partial charge in [0.1, 0.15) is 11.1 Å². The van der Waals surface area contributed by atoms with Crippen molar-refractivity contribution in [2.45, 2.75) is 44.5 Å². The summed E-state index contributed by atoms with van der Waals surface area (Å²) in [6, 6.07) is 12.3. The van der Waals surface area contributed by atoms with E-state index in [4.69, 9.17) is 0 Å². The van der Waals surface area contributed by atoms with Crippen LogP contribution in [0.4, 0.5) is 5.00 Å². The quantitative estimate of drug-likeness (QED) is 0.433. The maximum Gasteiger partial charge on any atom is 0.238 e. The molecule has 1 amide bonds. The molecule has 4 rings (SSSR count). The van der Waals surface area contributed by atoms with Gasteiger partial charge in [-0.3, -0.25) is 9.20 Å². The number of nitriles is 1. The third kappa shape index (κ3) is 3.44. The molecule has 3 aromatic heterocycles. The normalized spacial score (nSPS) is 12.2. The van der Waals surface area contributed by atoms with Gasteiger partial charge in [0.05, 0.1) is 16.3 Å². The molecule has 1 atom stereocenters. The molecule has 1 N–H and O–H groups in total. The Hall–Kier alpha value is -2.89. The van der Waals surface area contributed by atoms with Gasteiger partial charge >= 0.3 is 0 Å². The molecule has 0 fully saturated rings. The number of thiophene rings is 1. The van der Waals surface area contributed by atoms with Gasteiger partial charge in [-0.15, -0.1) is 21.5 Å². The van der Waals surface area contributed by atoms with Crippen LogP contribution in [0.15, 0.2) is 35.5 Å². The zero-order valence-electron chi connectivity index (χ0n) is 17.2. The predicted molar refractivity (Wildman–Crippen MR) is 122 cm³/mol. The fraction of sp³-hybridized carbons (Fsp3) is 0.273. The van der Waals surface area contributed by atoms with Crippen molar-refractivity contribution >= 4 is 50.6 Å². The second kappa shape index (κ2) is 8.09. The third-order valence-electron chi connectivity index (χ3n) is 5.22. The largest absolute Gasteiger partial charge is 0.316 e. The standard InChI is InChI=1S/C22H21N5OS2/c1-5-18(20(28)24-21-16(11-23)13(3)14(4)29-21)30-22-26-25-19-10-12(2)15-8-6-7-9-17(15)27(19)22/h6-10,18H,5H2,1-4H3,(H,24,28). The number of hydrogen-bond donors (Lipinski definition) is 1. The van der Waals surface area contributed by atoms with E-state index >= 15 is 0 Å². The third-order valence-corrected chi connectivity index (χ3v) is 7.65. The van der Waals surface area contributed by atoms with E-state index < -0.39 is 0 Å². The lowest BCUT2D eigenvalue weighted by Crippen LogP contribution is -2.24. The molecule has 0 aliphatic carbocycles. The number of thioether (sulfide) groups is 1. The fourth-order valence-electron chi connectivity index (χ4n) is 3.44. The van der Waals surface area contributed by atoms with Crippen LogP contribution in [0.5, 0.6) is 0 Å². The van der Waals surface area contributed by atoms with Gasteiger partial charge in [-0.25, -0.2) is 0 Å². The van der Waals surface area contributed by atoms with Crippen LogP contribution in [-0.2, 0) is 4.79 Å². The maximum absolute atomic E-state index is 13.0. The highest BCUT2D eigenvalue weighted by Gasteiger charge is 2.24. The molecule has 4 aromatic rings. The minimum Gasteiger partial charge on any atom is -0.316 e. The molecule has 0 bridgehead atoms. The van der Waals surface area contributed by atoms with Crippen LogP contribution in [0.1, 0.15) is 34.9 Å². The number of rotatable bonds is 5. The molecule has 0 spiro atoms. The van der Waals surface area contributed by atoms with Crippen LogP contribution in [0.25, 0.3) is 16.6 Å². The summed E-state index contributed by atoms with van der Waals surface area (Å²) in [6.07, 6.45) is 0.625. The number of benzene rings is 1. The fourth-order valence-corrected chi connectivity index (χ4v) is 5.43. The van der Waals surface area contributed by atoms with E-state index in [0.717, 1.165) is 32.6 Å². The number of amides is 1. The van der Waals surface area contributed by atoms with E-state index in [1.807, 2.05) is 49.4 Å². The number of aryl methyl sites for hydroxylation is 2. The van der Waals surface area contributed by atoms with Gasteiger partial charge in [0.15, 0.2) is 10.8 Å². The van der Waals surface area contributed by atoms with Crippen LogP contribution in [0.2, 0.25) is 0 Å². The predicted octanol–water partition coefficient (Wildman–Crippen LogP) is 5.25. The van der Waals surface area contributed by atoms with Crippen molar-refractivity contribution in [1.82, 2.24) is 14.6 Å². The van der Waals surface area contributed by atoms with E-state index in [2.05, 4.69) is 34.6 Å². The van der Waals surface area contributed by atoms with E-state index in [-0.39, 0.29) is 11.2 Å². The summed E-state index contributed by atoms with van der Waals surface area (Å²) in [4.78, 5) is 14.1. The SMILES string of the molecule is CCC(Sc1nnc2cc(C)c3ccccc3n12)C(=O)Nc1sc(C)c(C)c1C#N. The first kappa shape index (κ1) is 20.4. The highest BCUT2D eigenvalue weighted by molar-refractivity contribution is 8.00. The van der Waals surface area contributed by atoms with Crippen molar-refractivity contribution in [1.29, 1.82) is 5.26 Å². The summed E-state index contributed by atoms with van der Waals surface area (Å²) in [5.41, 5.74) is 4.38. The highest BCUT2D eigenvalue weighted by atomic mass is 32.2. The smallest absolute Gasteiger partial charge is 0.238 e. The number of anilines is 1. The molecule has 0 aliphatic rings. The Kier molecular flexibility index (Phi) is 5.50. The average molecular weight is 436 g/mol. The number of carbonyl (C=O) groups excluding carboxylic acids is 1. The molecular formula is C22H21N5OS2. The summed E-state index contributed by atoms with van der Waals surface area (Å²) < 4.78 is 2.00. The number of nitrogens with zero attached hydrogens (tertiary/aromatic N) is 4. The van der Waals surface area contributed by atoms with Crippen LogP contribution >= 0.6 is 23.1 Å². The van der Waals surface area contributed by atoms with E-state index in [1.54, 1.807) is 0 Å². The van der Waals surface area contributed by atoms with E-state index in [0.29, 0.717) is 22.1 Å². The Bertz CT molecular complexity index is 1310. The van der Waals surface area contributed by atoms with Crippen molar-refractivity contribution in [3.8, 4) is 6.07 Å². The molecule has 30 heavy (non-hydrogen) atoms. The molecular weight excluding hydrogens is 414 g/mol. The van der Waals surface area contributed by atoms with E-state index in [9.17, 15) is 10.1 Å². The summed E-state index contributed by atoms with van der Waals surface area (Å²) in [7, 11) is 0. The minimum absolute atomic E-state index is 0.131. The molecule has 1 unspecified atom stereocenters. The summed E-state index contributed by atoms with van der Waals surface area (Å²) in [5.74, 6) is -0.131. The minimum atomic E-state index is -0.355. The Morgan fingerprint density at radius 3 is 2.80 bits per heavy atom. The molecule has 152 valence electrons. The van der Waals surface area contributed by atoms with Crippen LogP contribution in [0.3, 0.4) is 0 Å².